The molecule has 0 bridgehead atoms. The van der Waals surface area contributed by atoms with E-state index in [2.05, 4.69) is 20.4 Å². The molecule has 4 heterocycles. The number of amides is 2. The standard InChI is InChI=1S/C19H23N7O2/c27-16-6-5-15(21-22-16)19(28)25-11-9-24(10-12-25)18-17-13-3-1-2-4-14(13)23-26(17)8-7-20-18/h7-8H,1-6,9-12H2,(H,22,27). The molecular formula is C19H23N7O2. The fraction of sp³-hybridized carbons (Fsp3) is 0.526. The van der Waals surface area contributed by atoms with Gasteiger partial charge in [-0.2, -0.15) is 10.2 Å². The molecule has 0 unspecified atom stereocenters. The second-order valence-electron chi connectivity index (χ2n) is 7.55. The van der Waals surface area contributed by atoms with Crippen LogP contribution in [-0.2, 0) is 22.4 Å². The molecule has 2 aliphatic heterocycles. The summed E-state index contributed by atoms with van der Waals surface area (Å²) in [6.45, 7) is 2.67. The van der Waals surface area contributed by atoms with Gasteiger partial charge in [-0.1, -0.05) is 0 Å². The number of anilines is 1. The minimum absolute atomic E-state index is 0.0763. The summed E-state index contributed by atoms with van der Waals surface area (Å²) in [4.78, 5) is 32.6. The molecular weight excluding hydrogens is 358 g/mol. The molecule has 2 amide bonds. The predicted molar refractivity (Wildman–Crippen MR) is 103 cm³/mol. The maximum absolute atomic E-state index is 12.7. The summed E-state index contributed by atoms with van der Waals surface area (Å²) < 4.78 is 1.97. The molecule has 9 nitrogen and oxygen atoms in total. The molecule has 0 aromatic carbocycles. The summed E-state index contributed by atoms with van der Waals surface area (Å²) in [5, 5.41) is 8.69. The van der Waals surface area contributed by atoms with Gasteiger partial charge in [0.05, 0.1) is 5.69 Å². The van der Waals surface area contributed by atoms with Crippen molar-refractivity contribution in [1.82, 2.24) is 24.9 Å². The van der Waals surface area contributed by atoms with Crippen LogP contribution < -0.4 is 10.3 Å². The van der Waals surface area contributed by atoms with Crippen LogP contribution in [0.5, 0.6) is 0 Å². The van der Waals surface area contributed by atoms with E-state index in [-0.39, 0.29) is 11.8 Å². The lowest BCUT2D eigenvalue weighted by atomic mass is 9.97. The van der Waals surface area contributed by atoms with Crippen molar-refractivity contribution in [3.63, 3.8) is 0 Å². The zero-order valence-electron chi connectivity index (χ0n) is 15.7. The number of nitrogens with one attached hydrogen (secondary N) is 1. The number of aryl methyl sites for hydroxylation is 2. The number of rotatable bonds is 2. The van der Waals surface area contributed by atoms with E-state index in [1.807, 2.05) is 15.6 Å². The Morgan fingerprint density at radius 1 is 1.04 bits per heavy atom. The zero-order chi connectivity index (χ0) is 19.1. The van der Waals surface area contributed by atoms with Gasteiger partial charge in [0.15, 0.2) is 5.82 Å². The van der Waals surface area contributed by atoms with E-state index < -0.39 is 0 Å². The predicted octanol–water partition coefficient (Wildman–Crippen LogP) is 0.523. The first-order chi connectivity index (χ1) is 13.7. The Hall–Kier alpha value is -2.97. The maximum Gasteiger partial charge on any atom is 0.270 e. The van der Waals surface area contributed by atoms with Crippen LogP contribution in [0.15, 0.2) is 17.5 Å². The van der Waals surface area contributed by atoms with Crippen LogP contribution in [0.1, 0.15) is 36.9 Å². The van der Waals surface area contributed by atoms with Crippen molar-refractivity contribution in [3.8, 4) is 0 Å². The van der Waals surface area contributed by atoms with Crippen LogP contribution >= 0.6 is 0 Å². The average Bonchev–Trinajstić information content (AvgIpc) is 3.13. The fourth-order valence-electron chi connectivity index (χ4n) is 4.31. The molecule has 28 heavy (non-hydrogen) atoms. The molecule has 9 heteroatoms. The number of hydrogen-bond acceptors (Lipinski definition) is 6. The number of nitrogens with zero attached hydrogens (tertiary/aromatic N) is 6. The van der Waals surface area contributed by atoms with E-state index in [1.54, 1.807) is 6.20 Å². The Morgan fingerprint density at radius 2 is 1.86 bits per heavy atom. The van der Waals surface area contributed by atoms with Gasteiger partial charge in [0.2, 0.25) is 5.91 Å². The molecule has 1 fully saturated rings. The van der Waals surface area contributed by atoms with Gasteiger partial charge in [-0.3, -0.25) is 9.59 Å². The first-order valence-corrected chi connectivity index (χ1v) is 9.95. The fourth-order valence-corrected chi connectivity index (χ4v) is 4.31. The molecule has 3 aliphatic rings. The monoisotopic (exact) mass is 381 g/mol. The minimum atomic E-state index is -0.135. The van der Waals surface area contributed by atoms with Crippen LogP contribution in [0, 0.1) is 0 Å². The van der Waals surface area contributed by atoms with Gasteiger partial charge >= 0.3 is 0 Å². The lowest BCUT2D eigenvalue weighted by Gasteiger charge is -2.36. The van der Waals surface area contributed by atoms with Crippen molar-refractivity contribution in [3.05, 3.63) is 23.7 Å². The van der Waals surface area contributed by atoms with Gasteiger partial charge in [-0.05, 0) is 25.7 Å². The van der Waals surface area contributed by atoms with Gasteiger partial charge in [0.25, 0.3) is 5.91 Å². The maximum atomic E-state index is 12.7. The third-order valence-corrected chi connectivity index (χ3v) is 5.82. The molecule has 0 atom stereocenters. The Kier molecular flexibility index (Phi) is 4.22. The van der Waals surface area contributed by atoms with E-state index in [0.717, 1.165) is 37.3 Å². The van der Waals surface area contributed by atoms with Crippen molar-refractivity contribution in [1.29, 1.82) is 0 Å². The summed E-state index contributed by atoms with van der Waals surface area (Å²) in [5.74, 6) is 0.754. The van der Waals surface area contributed by atoms with E-state index in [9.17, 15) is 9.59 Å². The smallest absolute Gasteiger partial charge is 0.270 e. The Balaban J connectivity index is 1.34. The van der Waals surface area contributed by atoms with Crippen molar-refractivity contribution >= 4 is 28.9 Å². The third-order valence-electron chi connectivity index (χ3n) is 5.82. The van der Waals surface area contributed by atoms with Crippen molar-refractivity contribution in [2.45, 2.75) is 38.5 Å². The van der Waals surface area contributed by atoms with Gasteiger partial charge in [0.1, 0.15) is 11.2 Å². The lowest BCUT2D eigenvalue weighted by molar-refractivity contribution is -0.124. The minimum Gasteiger partial charge on any atom is -0.351 e. The van der Waals surface area contributed by atoms with Crippen molar-refractivity contribution in [2.75, 3.05) is 31.1 Å². The highest BCUT2D eigenvalue weighted by Gasteiger charge is 2.29. The molecule has 5 rings (SSSR count). The van der Waals surface area contributed by atoms with Crippen LogP contribution in [0.2, 0.25) is 0 Å². The van der Waals surface area contributed by atoms with Crippen LogP contribution in [0.3, 0.4) is 0 Å². The molecule has 0 radical (unpaired) electrons. The number of carbonyl (C=O) groups is 2. The third kappa shape index (κ3) is 2.90. The van der Waals surface area contributed by atoms with Crippen LogP contribution in [0.25, 0.3) is 5.52 Å². The first-order valence-electron chi connectivity index (χ1n) is 9.95. The number of hydrazone groups is 1. The lowest BCUT2D eigenvalue weighted by Crippen LogP contribution is -2.51. The Bertz CT molecular complexity index is 972. The van der Waals surface area contributed by atoms with Crippen LogP contribution in [0.4, 0.5) is 5.82 Å². The number of hydrogen-bond donors (Lipinski definition) is 1. The van der Waals surface area contributed by atoms with Crippen molar-refractivity contribution < 1.29 is 9.59 Å². The highest BCUT2D eigenvalue weighted by molar-refractivity contribution is 6.39. The van der Waals surface area contributed by atoms with E-state index in [4.69, 9.17) is 5.10 Å². The van der Waals surface area contributed by atoms with E-state index >= 15 is 0 Å². The van der Waals surface area contributed by atoms with Gasteiger partial charge in [-0.25, -0.2) is 14.9 Å². The summed E-state index contributed by atoms with van der Waals surface area (Å²) in [6.07, 6.45) is 8.95. The van der Waals surface area contributed by atoms with Gasteiger partial charge in [0, 0.05) is 57.0 Å². The molecule has 146 valence electrons. The molecule has 1 N–H and O–H groups in total. The SMILES string of the molecule is O=C1CCC(C(=O)N2CCN(c3nccn4nc5c(c34)CCCC5)CC2)=NN1. The largest absolute Gasteiger partial charge is 0.351 e. The molecule has 0 spiro atoms. The highest BCUT2D eigenvalue weighted by Crippen LogP contribution is 2.30. The second kappa shape index (κ2) is 6.88. The topological polar surface area (TPSA) is 95.2 Å². The highest BCUT2D eigenvalue weighted by atomic mass is 16.2. The summed E-state index contributed by atoms with van der Waals surface area (Å²) >= 11 is 0. The van der Waals surface area contributed by atoms with Gasteiger partial charge < -0.3 is 9.80 Å². The van der Waals surface area contributed by atoms with Gasteiger partial charge in [-0.15, -0.1) is 0 Å². The summed E-state index contributed by atoms with van der Waals surface area (Å²) in [5.41, 5.74) is 6.50. The number of carbonyl (C=O) groups excluding carboxylic acids is 2. The Morgan fingerprint density at radius 3 is 2.64 bits per heavy atom. The van der Waals surface area contributed by atoms with Crippen molar-refractivity contribution in [2.24, 2.45) is 5.10 Å². The second-order valence-corrected chi connectivity index (χ2v) is 7.55. The normalized spacial score (nSPS) is 20.0. The van der Waals surface area contributed by atoms with Crippen LogP contribution in [-0.4, -0.2) is 63.2 Å². The molecule has 2 aromatic heterocycles. The van der Waals surface area contributed by atoms with E-state index in [0.29, 0.717) is 31.6 Å². The molecule has 0 saturated carbocycles. The average molecular weight is 381 g/mol. The molecule has 1 saturated heterocycles. The number of piperazine rings is 1. The first kappa shape index (κ1) is 17.2. The van der Waals surface area contributed by atoms with E-state index in [1.165, 1.54) is 24.1 Å². The number of fused-ring (bicyclic) bond motifs is 3. The zero-order valence-corrected chi connectivity index (χ0v) is 15.7. The number of aromatic nitrogens is 3. The summed E-state index contributed by atoms with van der Waals surface area (Å²) in [7, 11) is 0. The molecule has 2 aromatic rings. The Labute approximate surface area is 162 Å². The molecule has 1 aliphatic carbocycles. The quantitative estimate of drug-likeness (QED) is 0.818. The summed E-state index contributed by atoms with van der Waals surface area (Å²) in [6, 6.07) is 0.